The maximum atomic E-state index is 7.13. The van der Waals surface area contributed by atoms with Crippen molar-refractivity contribution in [3.05, 3.63) is 73.3 Å². The lowest BCUT2D eigenvalue weighted by Gasteiger charge is -2.43. The van der Waals surface area contributed by atoms with E-state index in [1.54, 1.807) is 12.7 Å². The van der Waals surface area contributed by atoms with Crippen LogP contribution in [0.1, 0.15) is 34.1 Å². The molecule has 0 unspecified atom stereocenters. The van der Waals surface area contributed by atoms with Crippen LogP contribution in [0.4, 0.5) is 0 Å². The summed E-state index contributed by atoms with van der Waals surface area (Å²) < 4.78 is 15.2. The highest BCUT2D eigenvalue weighted by molar-refractivity contribution is 6.99. The number of hydrogen-bond donors (Lipinski definition) is 0. The quantitative estimate of drug-likeness (QED) is 0.532. The van der Waals surface area contributed by atoms with E-state index in [1.165, 1.54) is 10.4 Å². The molecule has 0 aliphatic carbocycles. The van der Waals surface area contributed by atoms with Crippen LogP contribution in [0.2, 0.25) is 5.04 Å². The van der Waals surface area contributed by atoms with Crippen molar-refractivity contribution in [2.75, 3.05) is 6.61 Å². The monoisotopic (exact) mass is 435 g/mol. The summed E-state index contributed by atoms with van der Waals surface area (Å²) in [5, 5.41) is 6.85. The van der Waals surface area contributed by atoms with Crippen molar-refractivity contribution in [1.29, 1.82) is 0 Å². The van der Waals surface area contributed by atoms with Crippen LogP contribution < -0.4 is 10.4 Å². The van der Waals surface area contributed by atoms with Gasteiger partial charge in [-0.1, -0.05) is 81.4 Å². The highest BCUT2D eigenvalue weighted by Gasteiger charge is 2.50. The second kappa shape index (κ2) is 9.07. The normalized spacial score (nSPS) is 22.0. The first-order valence-electron chi connectivity index (χ1n) is 11.1. The fourth-order valence-corrected chi connectivity index (χ4v) is 9.47. The van der Waals surface area contributed by atoms with E-state index < -0.39 is 8.32 Å². The van der Waals surface area contributed by atoms with Gasteiger partial charge >= 0.3 is 0 Å². The lowest BCUT2D eigenvalue weighted by molar-refractivity contribution is 0.0298. The summed E-state index contributed by atoms with van der Waals surface area (Å²) in [6, 6.07) is 21.7. The fraction of sp³-hybridized carbons (Fsp3) is 0.440. The predicted octanol–water partition coefficient (Wildman–Crippen LogP) is 3.65. The van der Waals surface area contributed by atoms with Gasteiger partial charge in [0.05, 0.1) is 18.8 Å². The zero-order valence-electron chi connectivity index (χ0n) is 18.9. The molecule has 31 heavy (non-hydrogen) atoms. The fourth-order valence-electron chi connectivity index (χ4n) is 4.85. The molecule has 1 saturated heterocycles. The summed E-state index contributed by atoms with van der Waals surface area (Å²) in [4.78, 5) is 4.04. The molecule has 1 fully saturated rings. The number of hydrogen-bond acceptors (Lipinski definition) is 4. The Labute approximate surface area is 186 Å². The van der Waals surface area contributed by atoms with Gasteiger partial charge in [0.25, 0.3) is 8.32 Å². The molecule has 6 heteroatoms. The molecule has 1 aliphatic heterocycles. The minimum absolute atomic E-state index is 0.0153. The smallest absolute Gasteiger partial charge is 0.261 e. The van der Waals surface area contributed by atoms with E-state index in [-0.39, 0.29) is 17.2 Å². The molecule has 0 N–H and O–H groups in total. The van der Waals surface area contributed by atoms with E-state index in [4.69, 9.17) is 9.16 Å². The minimum Gasteiger partial charge on any atom is -0.407 e. The molecule has 1 aliphatic rings. The molecule has 164 valence electrons. The van der Waals surface area contributed by atoms with Gasteiger partial charge in [0.15, 0.2) is 0 Å². The van der Waals surface area contributed by atoms with Crippen molar-refractivity contribution in [3.63, 3.8) is 0 Å². The molecule has 4 rings (SSSR count). The van der Waals surface area contributed by atoms with Gasteiger partial charge in [0.1, 0.15) is 12.7 Å². The molecule has 0 saturated carbocycles. The van der Waals surface area contributed by atoms with Crippen molar-refractivity contribution in [2.45, 2.75) is 57.9 Å². The molecule has 0 bridgehead atoms. The van der Waals surface area contributed by atoms with Gasteiger partial charge < -0.3 is 9.16 Å². The van der Waals surface area contributed by atoms with Gasteiger partial charge in [-0.25, -0.2) is 4.98 Å². The van der Waals surface area contributed by atoms with Gasteiger partial charge in [-0.15, -0.1) is 0 Å². The highest BCUT2D eigenvalue weighted by atomic mass is 28.4. The lowest BCUT2D eigenvalue weighted by Crippen LogP contribution is -2.67. The van der Waals surface area contributed by atoms with Gasteiger partial charge in [0.2, 0.25) is 0 Å². The van der Waals surface area contributed by atoms with E-state index in [0.717, 1.165) is 13.0 Å². The summed E-state index contributed by atoms with van der Waals surface area (Å²) in [5.74, 6) is 0.357. The second-order valence-corrected chi connectivity index (χ2v) is 13.9. The van der Waals surface area contributed by atoms with Crippen molar-refractivity contribution in [2.24, 2.45) is 5.92 Å². The Bertz CT molecular complexity index is 902. The average molecular weight is 436 g/mol. The highest BCUT2D eigenvalue weighted by Crippen LogP contribution is 2.38. The van der Waals surface area contributed by atoms with Crippen LogP contribution in [0.3, 0.4) is 0 Å². The number of ether oxygens (including phenoxy) is 1. The maximum Gasteiger partial charge on any atom is 0.261 e. The van der Waals surface area contributed by atoms with Crippen LogP contribution in [0.25, 0.3) is 0 Å². The van der Waals surface area contributed by atoms with Crippen molar-refractivity contribution < 1.29 is 9.16 Å². The van der Waals surface area contributed by atoms with E-state index >= 15 is 0 Å². The molecule has 2 heterocycles. The predicted molar refractivity (Wildman–Crippen MR) is 126 cm³/mol. The Balaban J connectivity index is 1.60. The molecule has 3 aromatic rings. The molecule has 0 spiro atoms. The molecule has 0 radical (unpaired) electrons. The summed E-state index contributed by atoms with van der Waals surface area (Å²) >= 11 is 0. The zero-order chi connectivity index (χ0) is 21.9. The summed E-state index contributed by atoms with van der Waals surface area (Å²) in [7, 11) is -2.51. The van der Waals surface area contributed by atoms with Gasteiger partial charge in [-0.2, -0.15) is 5.10 Å². The van der Waals surface area contributed by atoms with Crippen LogP contribution in [-0.2, 0) is 15.7 Å². The maximum absolute atomic E-state index is 7.13. The molecular weight excluding hydrogens is 402 g/mol. The van der Waals surface area contributed by atoms with Crippen LogP contribution in [0.15, 0.2) is 73.3 Å². The second-order valence-electron chi connectivity index (χ2n) is 9.55. The van der Waals surface area contributed by atoms with Gasteiger partial charge in [-0.3, -0.25) is 4.68 Å². The Morgan fingerprint density at radius 2 is 1.65 bits per heavy atom. The first-order valence-corrected chi connectivity index (χ1v) is 13.0. The van der Waals surface area contributed by atoms with E-state index in [9.17, 15) is 0 Å². The number of aromatic nitrogens is 3. The Morgan fingerprint density at radius 3 is 2.16 bits per heavy atom. The molecular formula is C25H33N3O2Si. The Morgan fingerprint density at radius 1 is 1.03 bits per heavy atom. The summed E-state index contributed by atoms with van der Waals surface area (Å²) in [6.45, 7) is 10.6. The first kappa shape index (κ1) is 21.9. The third kappa shape index (κ3) is 4.52. The van der Waals surface area contributed by atoms with Crippen molar-refractivity contribution in [3.8, 4) is 0 Å². The Hall–Kier alpha value is -2.28. The molecule has 0 amide bonds. The summed E-state index contributed by atoms with van der Waals surface area (Å²) in [6.07, 6.45) is 4.60. The van der Waals surface area contributed by atoms with E-state index in [1.807, 2.05) is 4.68 Å². The largest absolute Gasteiger partial charge is 0.407 e. The SMILES string of the molecule is C[C@@H]1O[C@@H](Cn2cncn2)C[C@H]1CO[Si](c1ccccc1)(c1ccccc1)C(C)(C)C. The lowest BCUT2D eigenvalue weighted by atomic mass is 10.0. The van der Waals surface area contributed by atoms with Crippen molar-refractivity contribution >= 4 is 18.7 Å². The van der Waals surface area contributed by atoms with E-state index in [0.29, 0.717) is 12.5 Å². The molecule has 3 atom stereocenters. The topological polar surface area (TPSA) is 49.2 Å². The van der Waals surface area contributed by atoms with Gasteiger partial charge in [-0.05, 0) is 28.8 Å². The minimum atomic E-state index is -2.51. The Kier molecular flexibility index (Phi) is 6.41. The van der Waals surface area contributed by atoms with Crippen LogP contribution in [0, 0.1) is 5.92 Å². The van der Waals surface area contributed by atoms with Crippen molar-refractivity contribution in [1.82, 2.24) is 14.8 Å². The van der Waals surface area contributed by atoms with Crippen LogP contribution in [-0.4, -0.2) is 41.9 Å². The molecule has 5 nitrogen and oxygen atoms in total. The zero-order valence-corrected chi connectivity index (χ0v) is 19.9. The van der Waals surface area contributed by atoms with E-state index in [2.05, 4.69) is 98.4 Å². The molecule has 2 aromatic carbocycles. The first-order chi connectivity index (χ1) is 14.9. The number of benzene rings is 2. The summed E-state index contributed by atoms with van der Waals surface area (Å²) in [5.41, 5.74) is 0. The number of rotatable bonds is 7. The van der Waals surface area contributed by atoms with Crippen LogP contribution >= 0.6 is 0 Å². The third-order valence-corrected chi connectivity index (χ3v) is 11.4. The van der Waals surface area contributed by atoms with Crippen LogP contribution in [0.5, 0.6) is 0 Å². The van der Waals surface area contributed by atoms with Gasteiger partial charge in [0, 0.05) is 12.5 Å². The average Bonchev–Trinajstić information content (AvgIpc) is 3.39. The third-order valence-electron chi connectivity index (χ3n) is 6.42. The number of nitrogens with zero attached hydrogens (tertiary/aromatic N) is 3. The standard InChI is InChI=1S/C25H33N3O2Si/c1-20-21(15-22(30-20)16-28-19-26-18-27-28)17-29-31(25(2,3)4,23-11-7-5-8-12-23)24-13-9-6-10-14-24/h5-14,18-22H,15-17H2,1-4H3/t20-,21-,22+/m0/s1. The molecule has 1 aromatic heterocycles.